The Morgan fingerprint density at radius 2 is 1.68 bits per heavy atom. The second kappa shape index (κ2) is 5.36. The number of rotatable bonds is 2. The number of hydrogen-bond acceptors (Lipinski definition) is 2. The number of hydrogen-bond donors (Lipinski definition) is 0. The van der Waals surface area contributed by atoms with Crippen molar-refractivity contribution in [3.8, 4) is 0 Å². The molecular formula is C17H21BClFO2. The van der Waals surface area contributed by atoms with Gasteiger partial charge in [0.1, 0.15) is 5.73 Å². The molecular weight excluding hydrogens is 301 g/mol. The molecule has 5 heteroatoms. The molecule has 0 radical (unpaired) electrons. The maximum absolute atomic E-state index is 14.9. The van der Waals surface area contributed by atoms with E-state index >= 15 is 0 Å². The van der Waals surface area contributed by atoms with Crippen LogP contribution < -0.4 is 0 Å². The van der Waals surface area contributed by atoms with Gasteiger partial charge in [-0.2, -0.15) is 0 Å². The van der Waals surface area contributed by atoms with E-state index in [0.717, 1.165) is 24.0 Å². The van der Waals surface area contributed by atoms with E-state index in [1.54, 1.807) is 0 Å². The van der Waals surface area contributed by atoms with Crippen LogP contribution in [-0.2, 0) is 9.31 Å². The number of halogens is 2. The lowest BCUT2D eigenvalue weighted by atomic mass is 9.69. The van der Waals surface area contributed by atoms with Gasteiger partial charge in [0.05, 0.1) is 11.2 Å². The fourth-order valence-corrected chi connectivity index (χ4v) is 3.01. The normalized spacial score (nSPS) is 28.5. The van der Waals surface area contributed by atoms with Gasteiger partial charge in [0.2, 0.25) is 0 Å². The first-order valence-corrected chi connectivity index (χ1v) is 8.08. The minimum Gasteiger partial charge on any atom is -0.398 e. The predicted molar refractivity (Wildman–Crippen MR) is 87.6 cm³/mol. The first kappa shape index (κ1) is 16.0. The van der Waals surface area contributed by atoms with Crippen LogP contribution in [0.1, 0.15) is 52.0 Å². The topological polar surface area (TPSA) is 18.5 Å². The lowest BCUT2D eigenvalue weighted by molar-refractivity contribution is 0.00578. The van der Waals surface area contributed by atoms with Gasteiger partial charge in [-0.25, -0.2) is 4.39 Å². The zero-order valence-electron chi connectivity index (χ0n) is 13.5. The fraction of sp³-hybridized carbons (Fsp3) is 0.529. The van der Waals surface area contributed by atoms with Crippen molar-refractivity contribution in [3.05, 3.63) is 46.2 Å². The Morgan fingerprint density at radius 1 is 1.14 bits per heavy atom. The molecule has 1 unspecified atom stereocenters. The monoisotopic (exact) mass is 322 g/mol. The highest BCUT2D eigenvalue weighted by atomic mass is 35.5. The van der Waals surface area contributed by atoms with Crippen LogP contribution in [0.2, 0.25) is 5.02 Å². The predicted octanol–water partition coefficient (Wildman–Crippen LogP) is 5.07. The highest BCUT2D eigenvalue weighted by Crippen LogP contribution is 2.47. The van der Waals surface area contributed by atoms with Crippen molar-refractivity contribution in [1.29, 1.82) is 0 Å². The summed E-state index contributed by atoms with van der Waals surface area (Å²) in [5.41, 5.74) is 0.590. The van der Waals surface area contributed by atoms with E-state index < -0.39 is 18.3 Å². The molecule has 1 aliphatic heterocycles. The molecule has 0 bridgehead atoms. The van der Waals surface area contributed by atoms with Gasteiger partial charge in [-0.15, -0.1) is 0 Å². The number of benzene rings is 1. The molecule has 1 heterocycles. The Balaban J connectivity index is 1.83. The van der Waals surface area contributed by atoms with Gasteiger partial charge >= 0.3 is 7.12 Å². The largest absolute Gasteiger partial charge is 0.525 e. The Bertz CT molecular complexity index is 594. The lowest BCUT2D eigenvalue weighted by Crippen LogP contribution is -2.41. The minimum absolute atomic E-state index is 0.108. The fourth-order valence-electron chi connectivity index (χ4n) is 2.88. The van der Waals surface area contributed by atoms with E-state index in [-0.39, 0.29) is 11.6 Å². The third-order valence-corrected chi connectivity index (χ3v) is 5.41. The van der Waals surface area contributed by atoms with Gasteiger partial charge in [-0.3, -0.25) is 0 Å². The van der Waals surface area contributed by atoms with Crippen molar-refractivity contribution >= 4 is 18.7 Å². The average Bonchev–Trinajstić information content (AvgIpc) is 2.60. The second-order valence-electron chi connectivity index (χ2n) is 7.10. The van der Waals surface area contributed by atoms with E-state index in [4.69, 9.17) is 20.9 Å². The summed E-state index contributed by atoms with van der Waals surface area (Å²) in [6.07, 6.45) is 1.70. The molecule has 2 aliphatic rings. The van der Waals surface area contributed by atoms with E-state index in [1.807, 2.05) is 52.0 Å². The quantitative estimate of drug-likeness (QED) is 0.708. The van der Waals surface area contributed by atoms with E-state index in [9.17, 15) is 4.39 Å². The summed E-state index contributed by atoms with van der Waals surface area (Å²) in [5.74, 6) is 0.108. The summed E-state index contributed by atoms with van der Waals surface area (Å²) in [4.78, 5) is 0. The molecule has 0 amide bonds. The average molecular weight is 323 g/mol. The first-order chi connectivity index (χ1) is 10.2. The summed E-state index contributed by atoms with van der Waals surface area (Å²) in [7, 11) is -0.893. The van der Waals surface area contributed by atoms with E-state index in [1.165, 1.54) is 0 Å². The summed E-state index contributed by atoms with van der Waals surface area (Å²) >= 11 is 5.92. The zero-order chi connectivity index (χ0) is 16.1. The van der Waals surface area contributed by atoms with Crippen LogP contribution in [0, 0.1) is 0 Å². The van der Waals surface area contributed by atoms with E-state index in [2.05, 4.69) is 0 Å². The molecule has 118 valence electrons. The Morgan fingerprint density at radius 3 is 2.14 bits per heavy atom. The molecule has 0 spiro atoms. The van der Waals surface area contributed by atoms with Crippen LogP contribution >= 0.6 is 11.6 Å². The first-order valence-electron chi connectivity index (χ1n) is 7.71. The zero-order valence-corrected chi connectivity index (χ0v) is 14.2. The van der Waals surface area contributed by atoms with Crippen LogP contribution in [0.4, 0.5) is 4.39 Å². The molecule has 3 rings (SSSR count). The Labute approximate surface area is 136 Å². The molecule has 2 nitrogen and oxygen atoms in total. The van der Waals surface area contributed by atoms with Crippen molar-refractivity contribution < 1.29 is 13.7 Å². The molecule has 0 aromatic heterocycles. The van der Waals surface area contributed by atoms with Crippen molar-refractivity contribution in [2.24, 2.45) is 0 Å². The van der Waals surface area contributed by atoms with Crippen LogP contribution in [0.15, 0.2) is 35.6 Å². The third kappa shape index (κ3) is 2.62. The summed E-state index contributed by atoms with van der Waals surface area (Å²) in [6, 6.07) is 7.62. The molecule has 1 saturated heterocycles. The smallest absolute Gasteiger partial charge is 0.398 e. The molecule has 1 aromatic rings. The third-order valence-electron chi connectivity index (χ3n) is 5.16. The molecule has 1 aromatic carbocycles. The Hall–Kier alpha value is -0.835. The van der Waals surface area contributed by atoms with Crippen molar-refractivity contribution in [2.75, 3.05) is 0 Å². The highest BCUT2D eigenvalue weighted by molar-refractivity contribution is 6.54. The standard InChI is InChI=1S/C17H21BClFO2/c1-16(2)17(3,4)22-18(21-16)15(20)14-10-9-13(14)11-5-7-12(19)8-6-11/h5-8,13H,9-10H2,1-4H3. The van der Waals surface area contributed by atoms with Crippen molar-refractivity contribution in [1.82, 2.24) is 0 Å². The van der Waals surface area contributed by atoms with Crippen molar-refractivity contribution in [3.63, 3.8) is 0 Å². The summed E-state index contributed by atoms with van der Waals surface area (Å²) in [5, 5.41) is 0.694. The molecule has 1 aliphatic carbocycles. The van der Waals surface area contributed by atoms with Gasteiger partial charge in [0, 0.05) is 10.9 Å². The second-order valence-corrected chi connectivity index (χ2v) is 7.54. The molecule has 22 heavy (non-hydrogen) atoms. The maximum atomic E-state index is 14.9. The summed E-state index contributed by atoms with van der Waals surface area (Å²) in [6.45, 7) is 7.73. The van der Waals surface area contributed by atoms with Crippen LogP contribution in [0.3, 0.4) is 0 Å². The van der Waals surface area contributed by atoms with Gasteiger partial charge < -0.3 is 9.31 Å². The van der Waals surface area contributed by atoms with Crippen LogP contribution in [0.25, 0.3) is 0 Å². The molecule has 2 fully saturated rings. The minimum atomic E-state index is -0.893. The van der Waals surface area contributed by atoms with Gasteiger partial charge in [0.15, 0.2) is 0 Å². The van der Waals surface area contributed by atoms with Gasteiger partial charge in [0.25, 0.3) is 0 Å². The number of allylic oxidation sites excluding steroid dienone is 1. The van der Waals surface area contributed by atoms with Gasteiger partial charge in [-0.05, 0) is 63.8 Å². The van der Waals surface area contributed by atoms with Crippen LogP contribution in [0.5, 0.6) is 0 Å². The molecule has 0 N–H and O–H groups in total. The molecule has 1 atom stereocenters. The molecule has 1 saturated carbocycles. The summed E-state index contributed by atoms with van der Waals surface area (Å²) < 4.78 is 26.5. The van der Waals surface area contributed by atoms with E-state index in [0.29, 0.717) is 5.02 Å². The SMILES string of the molecule is CC1(C)OB(C(F)=C2CCC2c2ccc(Cl)cc2)OC1(C)C. The highest BCUT2D eigenvalue weighted by Gasteiger charge is 2.54. The maximum Gasteiger partial charge on any atom is 0.525 e. The Kier molecular flexibility index (Phi) is 3.91. The van der Waals surface area contributed by atoms with Gasteiger partial charge in [-0.1, -0.05) is 23.7 Å². The van der Waals surface area contributed by atoms with Crippen LogP contribution in [-0.4, -0.2) is 18.3 Å². The lowest BCUT2D eigenvalue weighted by Gasteiger charge is -2.32. The van der Waals surface area contributed by atoms with Crippen molar-refractivity contribution in [2.45, 2.75) is 57.7 Å².